The number of carbonyl (C=O) groups excluding carboxylic acids is 1. The molecule has 0 bridgehead atoms. The van der Waals surface area contributed by atoms with Gasteiger partial charge in [-0.3, -0.25) is 9.78 Å². The SMILES string of the molecule is CC1OCc2c1c(N)nc1ccc(C(=O)N(Cc3ccc(C(F)(F)F)cn3)CC3CCC(O)CC3)cc21. The van der Waals surface area contributed by atoms with Crippen LogP contribution in [0.1, 0.15) is 71.5 Å². The molecule has 3 heterocycles. The van der Waals surface area contributed by atoms with Crippen LogP contribution in [0.2, 0.25) is 0 Å². The smallest absolute Gasteiger partial charge is 0.393 e. The Labute approximate surface area is 212 Å². The highest BCUT2D eigenvalue weighted by atomic mass is 19.4. The highest BCUT2D eigenvalue weighted by Crippen LogP contribution is 2.38. The van der Waals surface area contributed by atoms with Gasteiger partial charge in [0.05, 0.1) is 42.1 Å². The van der Waals surface area contributed by atoms with E-state index < -0.39 is 11.7 Å². The minimum absolute atomic E-state index is 0.0757. The van der Waals surface area contributed by atoms with Gasteiger partial charge in [0.2, 0.25) is 0 Å². The molecule has 37 heavy (non-hydrogen) atoms. The second kappa shape index (κ2) is 9.90. The third-order valence-corrected chi connectivity index (χ3v) is 7.38. The number of anilines is 1. The van der Waals surface area contributed by atoms with Gasteiger partial charge in [-0.15, -0.1) is 0 Å². The lowest BCUT2D eigenvalue weighted by Crippen LogP contribution is -2.37. The molecule has 7 nitrogen and oxygen atoms in total. The van der Waals surface area contributed by atoms with Gasteiger partial charge < -0.3 is 20.5 Å². The normalized spacial score (nSPS) is 21.7. The van der Waals surface area contributed by atoms with Gasteiger partial charge in [0.1, 0.15) is 5.82 Å². The van der Waals surface area contributed by atoms with Crippen LogP contribution in [0, 0.1) is 5.92 Å². The van der Waals surface area contributed by atoms with E-state index in [4.69, 9.17) is 10.5 Å². The van der Waals surface area contributed by atoms with E-state index in [1.165, 1.54) is 6.07 Å². The average molecular weight is 515 g/mol. The molecular weight excluding hydrogens is 485 g/mol. The Bertz CT molecular complexity index is 1300. The van der Waals surface area contributed by atoms with Crippen molar-refractivity contribution in [1.29, 1.82) is 0 Å². The summed E-state index contributed by atoms with van der Waals surface area (Å²) in [6.07, 6.45) is -1.32. The third kappa shape index (κ3) is 5.26. The number of fused-ring (bicyclic) bond motifs is 3. The zero-order valence-corrected chi connectivity index (χ0v) is 20.5. The third-order valence-electron chi connectivity index (χ3n) is 7.38. The predicted molar refractivity (Wildman–Crippen MR) is 131 cm³/mol. The van der Waals surface area contributed by atoms with Crippen LogP contribution in [0.15, 0.2) is 36.5 Å². The molecule has 1 amide bonds. The maximum absolute atomic E-state index is 13.8. The van der Waals surface area contributed by atoms with Gasteiger partial charge in [0.25, 0.3) is 5.91 Å². The number of amides is 1. The summed E-state index contributed by atoms with van der Waals surface area (Å²) in [4.78, 5) is 23.9. The molecule has 196 valence electrons. The number of carbonyl (C=O) groups is 1. The number of benzene rings is 1. The highest BCUT2D eigenvalue weighted by molar-refractivity contribution is 5.99. The van der Waals surface area contributed by atoms with Crippen molar-refractivity contribution in [3.8, 4) is 0 Å². The number of nitrogen functional groups attached to an aromatic ring is 1. The second-order valence-electron chi connectivity index (χ2n) is 9.97. The van der Waals surface area contributed by atoms with E-state index in [-0.39, 0.29) is 30.6 Å². The van der Waals surface area contributed by atoms with Crippen molar-refractivity contribution in [1.82, 2.24) is 14.9 Å². The number of rotatable bonds is 5. The minimum atomic E-state index is -4.48. The largest absolute Gasteiger partial charge is 0.417 e. The molecule has 1 aliphatic heterocycles. The first-order valence-electron chi connectivity index (χ1n) is 12.4. The van der Waals surface area contributed by atoms with Crippen LogP contribution in [0.3, 0.4) is 0 Å². The molecule has 3 aromatic rings. The molecule has 0 radical (unpaired) electrons. The first kappa shape index (κ1) is 25.4. The van der Waals surface area contributed by atoms with Crippen LogP contribution in [0.25, 0.3) is 10.9 Å². The Balaban J connectivity index is 1.45. The Morgan fingerprint density at radius 2 is 1.95 bits per heavy atom. The number of nitrogens with zero attached hydrogens (tertiary/aromatic N) is 3. The molecule has 1 aliphatic carbocycles. The number of pyridine rings is 2. The number of ether oxygens (including phenoxy) is 1. The summed E-state index contributed by atoms with van der Waals surface area (Å²) in [5.74, 6) is 0.357. The van der Waals surface area contributed by atoms with Crippen molar-refractivity contribution in [3.63, 3.8) is 0 Å². The van der Waals surface area contributed by atoms with E-state index in [1.54, 1.807) is 23.1 Å². The van der Waals surface area contributed by atoms with Crippen LogP contribution in [-0.2, 0) is 24.1 Å². The lowest BCUT2D eigenvalue weighted by atomic mass is 9.87. The van der Waals surface area contributed by atoms with Crippen LogP contribution >= 0.6 is 0 Å². The summed E-state index contributed by atoms with van der Waals surface area (Å²) in [5.41, 5.74) is 8.56. The molecule has 1 saturated carbocycles. The number of halogens is 3. The fourth-order valence-electron chi connectivity index (χ4n) is 5.32. The summed E-state index contributed by atoms with van der Waals surface area (Å²) in [7, 11) is 0. The maximum Gasteiger partial charge on any atom is 0.417 e. The fraction of sp³-hybridized carbons (Fsp3) is 0.444. The number of aliphatic hydroxyl groups excluding tert-OH is 1. The second-order valence-corrected chi connectivity index (χ2v) is 9.97. The van der Waals surface area contributed by atoms with E-state index >= 15 is 0 Å². The quantitative estimate of drug-likeness (QED) is 0.496. The zero-order valence-electron chi connectivity index (χ0n) is 20.5. The molecule has 0 spiro atoms. The number of hydrogen-bond acceptors (Lipinski definition) is 6. The van der Waals surface area contributed by atoms with E-state index in [0.717, 1.165) is 41.6 Å². The molecule has 1 fully saturated rings. The molecule has 2 aromatic heterocycles. The van der Waals surface area contributed by atoms with Crippen LogP contribution in [-0.4, -0.2) is 38.5 Å². The van der Waals surface area contributed by atoms with Crippen molar-refractivity contribution >= 4 is 22.6 Å². The topological polar surface area (TPSA) is 102 Å². The van der Waals surface area contributed by atoms with Crippen molar-refractivity contribution in [2.24, 2.45) is 5.92 Å². The molecule has 2 aliphatic rings. The molecule has 1 aromatic carbocycles. The van der Waals surface area contributed by atoms with Gasteiger partial charge in [-0.05, 0) is 74.4 Å². The summed E-state index contributed by atoms with van der Waals surface area (Å²) in [6.45, 7) is 2.78. The Kier molecular flexibility index (Phi) is 6.80. The summed E-state index contributed by atoms with van der Waals surface area (Å²) in [6, 6.07) is 7.54. The lowest BCUT2D eigenvalue weighted by molar-refractivity contribution is -0.137. The predicted octanol–water partition coefficient (Wildman–Crippen LogP) is 5.02. The molecule has 10 heteroatoms. The highest BCUT2D eigenvalue weighted by Gasteiger charge is 2.31. The number of aromatic nitrogens is 2. The van der Waals surface area contributed by atoms with E-state index in [9.17, 15) is 23.1 Å². The van der Waals surface area contributed by atoms with Crippen LogP contribution in [0.4, 0.5) is 19.0 Å². The Morgan fingerprint density at radius 3 is 2.62 bits per heavy atom. The molecule has 1 atom stereocenters. The summed E-state index contributed by atoms with van der Waals surface area (Å²) in [5, 5.41) is 10.7. The van der Waals surface area contributed by atoms with Gasteiger partial charge in [-0.2, -0.15) is 13.2 Å². The number of aliphatic hydroxyl groups is 1. The summed E-state index contributed by atoms with van der Waals surface area (Å²) < 4.78 is 44.7. The van der Waals surface area contributed by atoms with Crippen molar-refractivity contribution in [2.75, 3.05) is 12.3 Å². The summed E-state index contributed by atoms with van der Waals surface area (Å²) >= 11 is 0. The zero-order chi connectivity index (χ0) is 26.3. The van der Waals surface area contributed by atoms with E-state index in [0.29, 0.717) is 48.6 Å². The van der Waals surface area contributed by atoms with E-state index in [1.807, 2.05) is 6.92 Å². The lowest BCUT2D eigenvalue weighted by Gasteiger charge is -2.31. The number of nitrogens with two attached hydrogens (primary N) is 1. The average Bonchev–Trinajstić information content (AvgIpc) is 3.26. The van der Waals surface area contributed by atoms with E-state index in [2.05, 4.69) is 9.97 Å². The van der Waals surface area contributed by atoms with Gasteiger partial charge in [-0.1, -0.05) is 0 Å². The molecular formula is C27H29F3N4O3. The number of alkyl halides is 3. The Hall–Kier alpha value is -3.24. The fourth-order valence-corrected chi connectivity index (χ4v) is 5.32. The first-order chi connectivity index (χ1) is 17.6. The molecule has 1 unspecified atom stereocenters. The van der Waals surface area contributed by atoms with Crippen molar-refractivity contribution in [2.45, 2.75) is 64.1 Å². The van der Waals surface area contributed by atoms with Gasteiger partial charge >= 0.3 is 6.18 Å². The molecule has 3 N–H and O–H groups in total. The van der Waals surface area contributed by atoms with Crippen LogP contribution in [0.5, 0.6) is 0 Å². The molecule has 0 saturated heterocycles. The van der Waals surface area contributed by atoms with Gasteiger partial charge in [0, 0.05) is 29.3 Å². The monoisotopic (exact) mass is 514 g/mol. The Morgan fingerprint density at radius 1 is 1.19 bits per heavy atom. The number of hydrogen-bond donors (Lipinski definition) is 2. The standard InChI is InChI=1S/C27H29F3N4O3/c1-15-24-22(14-37-15)21-10-17(4-9-23(21)33-25(24)31)26(36)34(12-16-2-7-20(35)8-3-16)13-19-6-5-18(11-32-19)27(28,29)30/h4-6,9-11,15-16,20,35H,2-3,7-8,12-14H2,1H3,(H2,31,33). The van der Waals surface area contributed by atoms with Crippen molar-refractivity contribution in [3.05, 3.63) is 64.5 Å². The van der Waals surface area contributed by atoms with Crippen LogP contribution < -0.4 is 5.73 Å². The molecule has 5 rings (SSSR count). The van der Waals surface area contributed by atoms with Gasteiger partial charge in [-0.25, -0.2) is 4.98 Å². The first-order valence-corrected chi connectivity index (χ1v) is 12.4. The van der Waals surface area contributed by atoms with Crippen molar-refractivity contribution < 1.29 is 27.8 Å². The van der Waals surface area contributed by atoms with Gasteiger partial charge in [0.15, 0.2) is 0 Å². The maximum atomic E-state index is 13.8. The minimum Gasteiger partial charge on any atom is -0.393 e.